The summed E-state index contributed by atoms with van der Waals surface area (Å²) in [6, 6.07) is 0. The van der Waals surface area contributed by atoms with Crippen molar-refractivity contribution in [3.05, 3.63) is 0 Å². The van der Waals surface area contributed by atoms with Crippen molar-refractivity contribution in [1.29, 1.82) is 0 Å². The average Bonchev–Trinajstić information content (AvgIpc) is 2.26. The van der Waals surface area contributed by atoms with Crippen LogP contribution in [0.15, 0.2) is 0 Å². The van der Waals surface area contributed by atoms with E-state index in [4.69, 9.17) is 6.42 Å². The molecule has 0 aromatic rings. The van der Waals surface area contributed by atoms with E-state index in [1.54, 1.807) is 0 Å². The van der Waals surface area contributed by atoms with Gasteiger partial charge in [-0.2, -0.15) is 0 Å². The molecule has 3 unspecified atom stereocenters. The van der Waals surface area contributed by atoms with Crippen molar-refractivity contribution in [2.45, 2.75) is 71.0 Å². The van der Waals surface area contributed by atoms with Crippen LogP contribution in [0, 0.1) is 23.7 Å². The van der Waals surface area contributed by atoms with Gasteiger partial charge in [-0.3, -0.25) is 0 Å². The van der Waals surface area contributed by atoms with Crippen LogP contribution in [0.5, 0.6) is 0 Å². The minimum atomic E-state index is -0.666. The van der Waals surface area contributed by atoms with Gasteiger partial charge in [-0.1, -0.05) is 33.1 Å². The fourth-order valence-corrected chi connectivity index (χ4v) is 3.21. The third-order valence-electron chi connectivity index (χ3n) is 4.65. The Hall–Kier alpha value is -0.520. The lowest BCUT2D eigenvalue weighted by molar-refractivity contribution is -0.139. The monoisotopic (exact) mass is 238 g/mol. The fourth-order valence-electron chi connectivity index (χ4n) is 3.21. The van der Waals surface area contributed by atoms with Crippen LogP contribution in [0.4, 0.5) is 0 Å². The molecule has 0 bridgehead atoms. The van der Waals surface area contributed by atoms with Crippen LogP contribution >= 0.6 is 0 Å². The zero-order chi connectivity index (χ0) is 13.1. The van der Waals surface area contributed by atoms with Crippen molar-refractivity contribution >= 4 is 0 Å². The van der Waals surface area contributed by atoms with Gasteiger partial charge in [0.25, 0.3) is 0 Å². The van der Waals surface area contributed by atoms with Gasteiger partial charge < -0.3 is 10.2 Å². The van der Waals surface area contributed by atoms with Crippen LogP contribution in [-0.4, -0.2) is 21.9 Å². The Balaban J connectivity index is 2.61. The third-order valence-corrected chi connectivity index (χ3v) is 4.65. The molecule has 0 radical (unpaired) electrons. The molecule has 1 aliphatic rings. The molecule has 2 heteroatoms. The van der Waals surface area contributed by atoms with Crippen LogP contribution in [0.1, 0.15) is 59.3 Å². The third kappa shape index (κ3) is 3.03. The summed E-state index contributed by atoms with van der Waals surface area (Å²) in [6.45, 7) is 6.44. The summed E-state index contributed by atoms with van der Waals surface area (Å²) in [5.74, 6) is 2.65. The Morgan fingerprint density at radius 1 is 1.47 bits per heavy atom. The van der Waals surface area contributed by atoms with E-state index in [1.165, 1.54) is 6.42 Å². The van der Waals surface area contributed by atoms with Crippen LogP contribution < -0.4 is 0 Å². The molecule has 2 nitrogen and oxygen atoms in total. The quantitative estimate of drug-likeness (QED) is 0.739. The molecular formula is C15H26O2. The summed E-state index contributed by atoms with van der Waals surface area (Å²) in [6.07, 6.45) is 9.95. The molecule has 2 N–H and O–H groups in total. The minimum Gasteiger partial charge on any atom is -0.389 e. The molecule has 0 heterocycles. The Kier molecular flexibility index (Phi) is 4.63. The van der Waals surface area contributed by atoms with E-state index in [-0.39, 0.29) is 5.41 Å². The molecule has 3 atom stereocenters. The molecule has 1 aliphatic carbocycles. The van der Waals surface area contributed by atoms with E-state index in [0.717, 1.165) is 25.7 Å². The molecule has 1 saturated carbocycles. The number of aliphatic hydroxyl groups is 2. The average molecular weight is 238 g/mol. The molecule has 0 aromatic heterocycles. The zero-order valence-corrected chi connectivity index (χ0v) is 11.4. The van der Waals surface area contributed by atoms with Crippen LogP contribution in [0.3, 0.4) is 0 Å². The number of rotatable bonds is 4. The van der Waals surface area contributed by atoms with Gasteiger partial charge in [-0.05, 0) is 43.4 Å². The predicted octanol–water partition coefficient (Wildman–Crippen LogP) is 2.73. The van der Waals surface area contributed by atoms with Crippen LogP contribution in [0.25, 0.3) is 0 Å². The Morgan fingerprint density at radius 2 is 2.12 bits per heavy atom. The van der Waals surface area contributed by atoms with E-state index >= 15 is 0 Å². The molecule has 98 valence electrons. The first-order valence-corrected chi connectivity index (χ1v) is 6.70. The van der Waals surface area contributed by atoms with Crippen molar-refractivity contribution in [3.63, 3.8) is 0 Å². The van der Waals surface area contributed by atoms with E-state index in [0.29, 0.717) is 12.3 Å². The van der Waals surface area contributed by atoms with Crippen molar-refractivity contribution in [2.24, 2.45) is 11.3 Å². The lowest BCUT2D eigenvalue weighted by Crippen LogP contribution is -2.52. The first kappa shape index (κ1) is 14.5. The first-order chi connectivity index (χ1) is 7.83. The molecular weight excluding hydrogens is 212 g/mol. The number of hydrogen-bond donors (Lipinski definition) is 2. The molecule has 1 fully saturated rings. The molecule has 0 saturated heterocycles. The first-order valence-electron chi connectivity index (χ1n) is 6.70. The molecule has 1 rings (SSSR count). The largest absolute Gasteiger partial charge is 0.389 e. The highest BCUT2D eigenvalue weighted by Crippen LogP contribution is 2.49. The standard InChI is InChI=1S/C15H26O2/c1-5-13(16)9-7-11-15(17)12(2)8-6-10-14(15,3)4/h1,12-13,16-17H,6-11H2,2-4H3. The maximum Gasteiger partial charge on any atom is 0.114 e. The van der Waals surface area contributed by atoms with Gasteiger partial charge in [0.1, 0.15) is 6.10 Å². The SMILES string of the molecule is C#CC(O)CCCC1(O)C(C)CCCC1(C)C. The summed E-state index contributed by atoms with van der Waals surface area (Å²) >= 11 is 0. The van der Waals surface area contributed by atoms with Gasteiger partial charge in [0.15, 0.2) is 0 Å². The second-order valence-electron chi connectivity index (χ2n) is 6.18. The highest BCUT2D eigenvalue weighted by Gasteiger charge is 2.48. The highest BCUT2D eigenvalue weighted by molar-refractivity contribution is 5.00. The minimum absolute atomic E-state index is 0.0360. The molecule has 0 aromatic carbocycles. The number of terminal acetylenes is 1. The maximum absolute atomic E-state index is 10.9. The Morgan fingerprint density at radius 3 is 2.65 bits per heavy atom. The molecule has 0 aliphatic heterocycles. The van der Waals surface area contributed by atoms with Crippen molar-refractivity contribution in [1.82, 2.24) is 0 Å². The second-order valence-corrected chi connectivity index (χ2v) is 6.18. The normalized spacial score (nSPS) is 34.0. The van der Waals surface area contributed by atoms with Crippen LogP contribution in [-0.2, 0) is 0 Å². The summed E-state index contributed by atoms with van der Waals surface area (Å²) < 4.78 is 0. The summed E-state index contributed by atoms with van der Waals surface area (Å²) in [5, 5.41) is 20.3. The van der Waals surface area contributed by atoms with E-state index in [1.807, 2.05) is 0 Å². The number of hydrogen-bond acceptors (Lipinski definition) is 2. The Labute approximate surface area is 105 Å². The predicted molar refractivity (Wildman–Crippen MR) is 70.4 cm³/mol. The van der Waals surface area contributed by atoms with Gasteiger partial charge in [0.05, 0.1) is 5.60 Å². The summed E-state index contributed by atoms with van der Waals surface area (Å²) in [7, 11) is 0. The summed E-state index contributed by atoms with van der Waals surface area (Å²) in [5.41, 5.74) is -0.647. The van der Waals surface area contributed by atoms with Gasteiger partial charge in [-0.15, -0.1) is 6.42 Å². The molecule has 0 amide bonds. The molecule has 17 heavy (non-hydrogen) atoms. The van der Waals surface area contributed by atoms with Gasteiger partial charge in [0.2, 0.25) is 0 Å². The Bertz CT molecular complexity index is 290. The highest BCUT2D eigenvalue weighted by atomic mass is 16.3. The smallest absolute Gasteiger partial charge is 0.114 e. The second kappa shape index (κ2) is 5.42. The van der Waals surface area contributed by atoms with E-state index < -0.39 is 11.7 Å². The van der Waals surface area contributed by atoms with Crippen molar-refractivity contribution in [3.8, 4) is 12.3 Å². The van der Waals surface area contributed by atoms with Gasteiger partial charge in [-0.25, -0.2) is 0 Å². The van der Waals surface area contributed by atoms with E-state index in [9.17, 15) is 10.2 Å². The van der Waals surface area contributed by atoms with Crippen LogP contribution in [0.2, 0.25) is 0 Å². The van der Waals surface area contributed by atoms with Gasteiger partial charge >= 0.3 is 0 Å². The fraction of sp³-hybridized carbons (Fsp3) is 0.867. The van der Waals surface area contributed by atoms with Crippen molar-refractivity contribution < 1.29 is 10.2 Å². The zero-order valence-electron chi connectivity index (χ0n) is 11.4. The topological polar surface area (TPSA) is 40.5 Å². The summed E-state index contributed by atoms with van der Waals surface area (Å²) in [4.78, 5) is 0. The lowest BCUT2D eigenvalue weighted by atomic mass is 9.59. The lowest BCUT2D eigenvalue weighted by Gasteiger charge is -2.51. The molecule has 0 spiro atoms. The van der Waals surface area contributed by atoms with E-state index in [2.05, 4.69) is 26.7 Å². The maximum atomic E-state index is 10.9. The number of aliphatic hydroxyl groups excluding tert-OH is 1. The van der Waals surface area contributed by atoms with Crippen molar-refractivity contribution in [2.75, 3.05) is 0 Å². The van der Waals surface area contributed by atoms with Gasteiger partial charge in [0, 0.05) is 0 Å².